The fourth-order valence-electron chi connectivity index (χ4n) is 2.24. The fraction of sp³-hybridized carbons (Fsp3) is 0.211. The van der Waals surface area contributed by atoms with Crippen molar-refractivity contribution in [3.05, 3.63) is 59.1 Å². The predicted molar refractivity (Wildman–Crippen MR) is 114 cm³/mol. The molecule has 0 unspecified atom stereocenters. The Morgan fingerprint density at radius 3 is 2.44 bits per heavy atom. The molecule has 27 heavy (non-hydrogen) atoms. The van der Waals surface area contributed by atoms with Gasteiger partial charge in [-0.1, -0.05) is 53.8 Å². The molecule has 0 aliphatic rings. The first-order valence-corrected chi connectivity index (χ1v) is 10.5. The summed E-state index contributed by atoms with van der Waals surface area (Å²) in [5, 5.41) is 15.5. The van der Waals surface area contributed by atoms with Crippen LogP contribution in [0.4, 0.5) is 16.5 Å². The van der Waals surface area contributed by atoms with Crippen LogP contribution in [0.3, 0.4) is 0 Å². The van der Waals surface area contributed by atoms with Gasteiger partial charge >= 0.3 is 0 Å². The minimum absolute atomic E-state index is 0.0952. The van der Waals surface area contributed by atoms with E-state index in [4.69, 9.17) is 11.6 Å². The van der Waals surface area contributed by atoms with E-state index in [1.807, 2.05) is 19.1 Å². The fourth-order valence-corrected chi connectivity index (χ4v) is 4.28. The number of nitrogens with zero attached hydrogens (tertiary/aromatic N) is 2. The van der Waals surface area contributed by atoms with E-state index in [9.17, 15) is 4.79 Å². The van der Waals surface area contributed by atoms with E-state index in [0.29, 0.717) is 15.8 Å². The lowest BCUT2D eigenvalue weighted by molar-refractivity contribution is -0.115. The summed E-state index contributed by atoms with van der Waals surface area (Å²) in [4.78, 5) is 12.3. The molecule has 0 saturated heterocycles. The summed E-state index contributed by atoms with van der Waals surface area (Å²) in [6.07, 6.45) is 1.01. The number of rotatable bonds is 7. The van der Waals surface area contributed by atoms with Gasteiger partial charge in [0, 0.05) is 16.4 Å². The molecule has 0 bridgehead atoms. The van der Waals surface area contributed by atoms with Crippen LogP contribution in [0.1, 0.15) is 19.4 Å². The van der Waals surface area contributed by atoms with Crippen molar-refractivity contribution in [3.8, 4) is 0 Å². The normalized spacial score (nSPS) is 11.8. The quantitative estimate of drug-likeness (QED) is 0.487. The lowest BCUT2D eigenvalue weighted by atomic mass is 10.1. The molecule has 0 spiro atoms. The highest BCUT2D eigenvalue weighted by Crippen LogP contribution is 2.31. The van der Waals surface area contributed by atoms with Gasteiger partial charge in [-0.05, 0) is 55.3 Å². The number of benzene rings is 2. The molecule has 2 N–H and O–H groups in total. The molecule has 1 aromatic heterocycles. The van der Waals surface area contributed by atoms with Crippen LogP contribution in [0.2, 0.25) is 5.02 Å². The summed E-state index contributed by atoms with van der Waals surface area (Å²) in [5.41, 5.74) is 2.97. The van der Waals surface area contributed by atoms with Gasteiger partial charge < -0.3 is 10.6 Å². The highest BCUT2D eigenvalue weighted by atomic mass is 35.5. The van der Waals surface area contributed by atoms with Gasteiger partial charge in [0.2, 0.25) is 11.0 Å². The maximum absolute atomic E-state index is 12.3. The molecule has 8 heteroatoms. The molecule has 1 amide bonds. The van der Waals surface area contributed by atoms with E-state index in [1.54, 1.807) is 24.3 Å². The Labute approximate surface area is 171 Å². The maximum Gasteiger partial charge on any atom is 0.237 e. The van der Waals surface area contributed by atoms with Crippen molar-refractivity contribution >= 4 is 57.1 Å². The summed E-state index contributed by atoms with van der Waals surface area (Å²) in [6, 6.07) is 15.2. The number of hydrogen-bond acceptors (Lipinski definition) is 6. The summed E-state index contributed by atoms with van der Waals surface area (Å²) >= 11 is 8.66. The van der Waals surface area contributed by atoms with Gasteiger partial charge in [-0.15, -0.1) is 10.2 Å². The first-order valence-electron chi connectivity index (χ1n) is 8.46. The van der Waals surface area contributed by atoms with Crippen LogP contribution in [0.15, 0.2) is 52.9 Å². The molecule has 0 aliphatic heterocycles. The molecule has 5 nitrogen and oxygen atoms in total. The molecule has 3 aromatic rings. The second-order valence-corrected chi connectivity index (χ2v) is 8.81. The van der Waals surface area contributed by atoms with E-state index in [-0.39, 0.29) is 11.2 Å². The molecule has 0 radical (unpaired) electrons. The molecular weight excluding hydrogens is 400 g/mol. The smallest absolute Gasteiger partial charge is 0.237 e. The van der Waals surface area contributed by atoms with Gasteiger partial charge in [-0.3, -0.25) is 4.79 Å². The number of aryl methyl sites for hydroxylation is 1. The van der Waals surface area contributed by atoms with Gasteiger partial charge in [0.05, 0.1) is 5.25 Å². The number of thioether (sulfide) groups is 1. The van der Waals surface area contributed by atoms with Crippen molar-refractivity contribution in [3.63, 3.8) is 0 Å². The van der Waals surface area contributed by atoms with Crippen molar-refractivity contribution in [1.29, 1.82) is 0 Å². The Balaban J connectivity index is 1.55. The molecule has 0 aliphatic carbocycles. The van der Waals surface area contributed by atoms with Crippen molar-refractivity contribution in [1.82, 2.24) is 10.2 Å². The van der Waals surface area contributed by atoms with Crippen LogP contribution in [-0.4, -0.2) is 21.4 Å². The zero-order valence-electron chi connectivity index (χ0n) is 14.9. The van der Waals surface area contributed by atoms with Crippen LogP contribution in [0.5, 0.6) is 0 Å². The number of aromatic nitrogens is 2. The second-order valence-electron chi connectivity index (χ2n) is 5.80. The SMILES string of the molecule is CCc1ccc(Nc2nnc(S[C@H](C)C(=O)Nc3ccc(Cl)cc3)s2)cc1. The molecule has 3 rings (SSSR count). The number of hydrogen-bond donors (Lipinski definition) is 2. The van der Waals surface area contributed by atoms with Crippen LogP contribution < -0.4 is 10.6 Å². The molecular formula is C19H19ClN4OS2. The Bertz CT molecular complexity index is 897. The van der Waals surface area contributed by atoms with Gasteiger partial charge in [-0.2, -0.15) is 0 Å². The Morgan fingerprint density at radius 1 is 1.11 bits per heavy atom. The molecule has 0 fully saturated rings. The van der Waals surface area contributed by atoms with Gasteiger partial charge in [-0.25, -0.2) is 0 Å². The first kappa shape index (κ1) is 19.7. The summed E-state index contributed by atoms with van der Waals surface area (Å²) in [6.45, 7) is 3.97. The van der Waals surface area contributed by atoms with Crippen molar-refractivity contribution < 1.29 is 4.79 Å². The topological polar surface area (TPSA) is 66.9 Å². The second kappa shape index (κ2) is 9.21. The third-order valence-electron chi connectivity index (χ3n) is 3.78. The first-order chi connectivity index (χ1) is 13.0. The van der Waals surface area contributed by atoms with Crippen molar-refractivity contribution in [2.75, 3.05) is 10.6 Å². The average molecular weight is 419 g/mol. The van der Waals surface area contributed by atoms with Crippen molar-refractivity contribution in [2.45, 2.75) is 29.9 Å². The standard InChI is InChI=1S/C19H19ClN4OS2/c1-3-13-4-8-16(9-5-13)22-18-23-24-19(27-18)26-12(2)17(25)21-15-10-6-14(20)7-11-15/h4-12H,3H2,1-2H3,(H,21,25)(H,22,23)/t12-/m1/s1. The van der Waals surface area contributed by atoms with E-state index in [0.717, 1.165) is 16.4 Å². The Morgan fingerprint density at radius 2 is 1.78 bits per heavy atom. The number of anilines is 3. The molecule has 140 valence electrons. The third kappa shape index (κ3) is 5.69. The lowest BCUT2D eigenvalue weighted by Crippen LogP contribution is -2.22. The van der Waals surface area contributed by atoms with Crippen LogP contribution in [0, 0.1) is 0 Å². The number of amides is 1. The Hall–Kier alpha value is -2.09. The minimum atomic E-state index is -0.301. The molecule has 1 atom stereocenters. The minimum Gasteiger partial charge on any atom is -0.330 e. The number of nitrogens with one attached hydrogen (secondary N) is 2. The largest absolute Gasteiger partial charge is 0.330 e. The lowest BCUT2D eigenvalue weighted by Gasteiger charge is -2.10. The monoisotopic (exact) mass is 418 g/mol. The zero-order chi connectivity index (χ0) is 19.2. The van der Waals surface area contributed by atoms with Gasteiger partial charge in [0.1, 0.15) is 0 Å². The highest BCUT2D eigenvalue weighted by Gasteiger charge is 2.17. The van der Waals surface area contributed by atoms with Gasteiger partial charge in [0.15, 0.2) is 4.34 Å². The average Bonchev–Trinajstić information content (AvgIpc) is 3.11. The van der Waals surface area contributed by atoms with Crippen molar-refractivity contribution in [2.24, 2.45) is 0 Å². The van der Waals surface area contributed by atoms with E-state index < -0.39 is 0 Å². The van der Waals surface area contributed by atoms with E-state index in [1.165, 1.54) is 28.7 Å². The number of halogens is 1. The summed E-state index contributed by atoms with van der Waals surface area (Å²) in [5.74, 6) is -0.0952. The number of carbonyl (C=O) groups excluding carboxylic acids is 1. The van der Waals surface area contributed by atoms with E-state index >= 15 is 0 Å². The summed E-state index contributed by atoms with van der Waals surface area (Å²) < 4.78 is 0.737. The maximum atomic E-state index is 12.3. The van der Waals surface area contributed by atoms with Crippen LogP contribution >= 0.6 is 34.7 Å². The molecule has 0 saturated carbocycles. The summed E-state index contributed by atoms with van der Waals surface area (Å²) in [7, 11) is 0. The Kier molecular flexibility index (Phi) is 6.71. The predicted octanol–water partition coefficient (Wildman–Crippen LogP) is 5.62. The third-order valence-corrected chi connectivity index (χ3v) is 6.05. The molecule has 1 heterocycles. The van der Waals surface area contributed by atoms with Gasteiger partial charge in [0.25, 0.3) is 0 Å². The van der Waals surface area contributed by atoms with Crippen LogP contribution in [-0.2, 0) is 11.2 Å². The number of carbonyl (C=O) groups is 1. The highest BCUT2D eigenvalue weighted by molar-refractivity contribution is 8.02. The van der Waals surface area contributed by atoms with Crippen LogP contribution in [0.25, 0.3) is 0 Å². The van der Waals surface area contributed by atoms with E-state index in [2.05, 4.69) is 39.9 Å². The zero-order valence-corrected chi connectivity index (χ0v) is 17.3. The molecule has 2 aromatic carbocycles.